The predicted octanol–water partition coefficient (Wildman–Crippen LogP) is -0.387. The van der Waals surface area contributed by atoms with Crippen molar-refractivity contribution in [3.05, 3.63) is 11.6 Å². The molecule has 2 heterocycles. The number of fused-ring (bicyclic) bond motifs is 1. The number of methoxy groups -OCH3 is 1. The molecular formula is C9H16N4O. The molecule has 1 aliphatic rings. The van der Waals surface area contributed by atoms with Crippen LogP contribution >= 0.6 is 0 Å². The molecule has 0 bridgehead atoms. The SMILES string of the molecule is COCCc1nnc2n1CCNCC2. The van der Waals surface area contributed by atoms with E-state index in [9.17, 15) is 0 Å². The van der Waals surface area contributed by atoms with Gasteiger partial charge in [-0.1, -0.05) is 0 Å². The summed E-state index contributed by atoms with van der Waals surface area (Å²) in [6.07, 6.45) is 1.82. The van der Waals surface area contributed by atoms with E-state index in [1.807, 2.05) is 0 Å². The van der Waals surface area contributed by atoms with Crippen molar-refractivity contribution in [2.24, 2.45) is 0 Å². The van der Waals surface area contributed by atoms with Gasteiger partial charge in [0.15, 0.2) is 0 Å². The number of nitrogens with one attached hydrogen (secondary N) is 1. The van der Waals surface area contributed by atoms with Crippen LogP contribution in [0.5, 0.6) is 0 Å². The highest BCUT2D eigenvalue weighted by atomic mass is 16.5. The minimum atomic E-state index is 0.714. The third-order valence-corrected chi connectivity index (χ3v) is 2.47. The monoisotopic (exact) mass is 196 g/mol. The van der Waals surface area contributed by atoms with Gasteiger partial charge in [-0.25, -0.2) is 0 Å². The highest BCUT2D eigenvalue weighted by Gasteiger charge is 2.13. The maximum absolute atomic E-state index is 5.04. The molecule has 5 heteroatoms. The van der Waals surface area contributed by atoms with Gasteiger partial charge in [-0.05, 0) is 0 Å². The molecule has 0 aliphatic carbocycles. The fourth-order valence-electron chi connectivity index (χ4n) is 1.71. The Morgan fingerprint density at radius 3 is 3.21 bits per heavy atom. The van der Waals surface area contributed by atoms with Gasteiger partial charge in [-0.2, -0.15) is 0 Å². The minimum absolute atomic E-state index is 0.714. The predicted molar refractivity (Wildman–Crippen MR) is 52.2 cm³/mol. The second-order valence-corrected chi connectivity index (χ2v) is 3.43. The molecular weight excluding hydrogens is 180 g/mol. The van der Waals surface area contributed by atoms with Crippen molar-refractivity contribution in [2.45, 2.75) is 19.4 Å². The quantitative estimate of drug-likeness (QED) is 0.715. The molecule has 5 nitrogen and oxygen atoms in total. The molecule has 0 saturated heterocycles. The molecule has 1 aliphatic heterocycles. The second-order valence-electron chi connectivity index (χ2n) is 3.43. The van der Waals surface area contributed by atoms with E-state index in [1.54, 1.807) is 7.11 Å². The van der Waals surface area contributed by atoms with E-state index in [1.165, 1.54) is 0 Å². The average Bonchev–Trinajstić information content (AvgIpc) is 2.45. The van der Waals surface area contributed by atoms with Crippen LogP contribution in [0.3, 0.4) is 0 Å². The summed E-state index contributed by atoms with van der Waals surface area (Å²) < 4.78 is 7.25. The maximum Gasteiger partial charge on any atom is 0.135 e. The smallest absolute Gasteiger partial charge is 0.135 e. The third kappa shape index (κ3) is 1.93. The number of nitrogens with zero attached hydrogens (tertiary/aromatic N) is 3. The summed E-state index contributed by atoms with van der Waals surface area (Å²) in [6, 6.07) is 0. The normalized spacial score (nSPS) is 16.4. The molecule has 0 saturated carbocycles. The lowest BCUT2D eigenvalue weighted by molar-refractivity contribution is 0.199. The van der Waals surface area contributed by atoms with E-state index in [4.69, 9.17) is 4.74 Å². The Balaban J connectivity index is 2.12. The average molecular weight is 196 g/mol. The van der Waals surface area contributed by atoms with Crippen molar-refractivity contribution in [1.29, 1.82) is 0 Å². The Bertz CT molecular complexity index is 297. The van der Waals surface area contributed by atoms with E-state index < -0.39 is 0 Å². The fraction of sp³-hybridized carbons (Fsp3) is 0.778. The first kappa shape index (κ1) is 9.61. The zero-order valence-corrected chi connectivity index (χ0v) is 8.49. The van der Waals surface area contributed by atoms with Crippen LogP contribution in [0.15, 0.2) is 0 Å². The van der Waals surface area contributed by atoms with Gasteiger partial charge in [0.2, 0.25) is 0 Å². The molecule has 0 atom stereocenters. The van der Waals surface area contributed by atoms with Gasteiger partial charge in [0.25, 0.3) is 0 Å². The van der Waals surface area contributed by atoms with Gasteiger partial charge in [-0.3, -0.25) is 0 Å². The largest absolute Gasteiger partial charge is 0.384 e. The summed E-state index contributed by atoms with van der Waals surface area (Å²) in [4.78, 5) is 0. The highest BCUT2D eigenvalue weighted by molar-refractivity contribution is 4.98. The van der Waals surface area contributed by atoms with Crippen molar-refractivity contribution in [2.75, 3.05) is 26.8 Å². The van der Waals surface area contributed by atoms with Gasteiger partial charge in [0, 0.05) is 39.6 Å². The molecule has 0 unspecified atom stereocenters. The van der Waals surface area contributed by atoms with Gasteiger partial charge in [0.1, 0.15) is 11.6 Å². The van der Waals surface area contributed by atoms with Gasteiger partial charge in [-0.15, -0.1) is 10.2 Å². The van der Waals surface area contributed by atoms with E-state index in [0.717, 1.165) is 44.1 Å². The van der Waals surface area contributed by atoms with E-state index >= 15 is 0 Å². The zero-order chi connectivity index (χ0) is 9.80. The number of rotatable bonds is 3. The molecule has 0 spiro atoms. The van der Waals surface area contributed by atoms with Crippen molar-refractivity contribution in [1.82, 2.24) is 20.1 Å². The van der Waals surface area contributed by atoms with E-state index in [-0.39, 0.29) is 0 Å². The first-order chi connectivity index (χ1) is 6.92. The second kappa shape index (κ2) is 4.52. The third-order valence-electron chi connectivity index (χ3n) is 2.47. The van der Waals surface area contributed by atoms with Crippen LogP contribution in [0.25, 0.3) is 0 Å². The van der Waals surface area contributed by atoms with Crippen molar-refractivity contribution in [3.63, 3.8) is 0 Å². The summed E-state index contributed by atoms with van der Waals surface area (Å²) in [5.74, 6) is 2.15. The van der Waals surface area contributed by atoms with E-state index in [0.29, 0.717) is 6.61 Å². The van der Waals surface area contributed by atoms with Crippen LogP contribution in [0, 0.1) is 0 Å². The molecule has 14 heavy (non-hydrogen) atoms. The Labute approximate surface area is 83.5 Å². The van der Waals surface area contributed by atoms with Crippen LogP contribution in [0.4, 0.5) is 0 Å². The molecule has 0 fully saturated rings. The molecule has 1 aromatic rings. The van der Waals surface area contributed by atoms with E-state index in [2.05, 4.69) is 20.1 Å². The zero-order valence-electron chi connectivity index (χ0n) is 8.49. The van der Waals surface area contributed by atoms with Crippen molar-refractivity contribution >= 4 is 0 Å². The summed E-state index contributed by atoms with van der Waals surface area (Å²) in [5.41, 5.74) is 0. The van der Waals surface area contributed by atoms with Gasteiger partial charge >= 0.3 is 0 Å². The van der Waals surface area contributed by atoms with Crippen LogP contribution < -0.4 is 5.32 Å². The summed E-state index contributed by atoms with van der Waals surface area (Å²) in [5, 5.41) is 11.7. The van der Waals surface area contributed by atoms with Crippen LogP contribution in [0.2, 0.25) is 0 Å². The topological polar surface area (TPSA) is 52.0 Å². The first-order valence-electron chi connectivity index (χ1n) is 5.02. The van der Waals surface area contributed by atoms with Crippen LogP contribution in [-0.2, 0) is 24.1 Å². The lowest BCUT2D eigenvalue weighted by Crippen LogP contribution is -2.18. The highest BCUT2D eigenvalue weighted by Crippen LogP contribution is 2.05. The van der Waals surface area contributed by atoms with Crippen molar-refractivity contribution < 1.29 is 4.74 Å². The number of hydrogen-bond donors (Lipinski definition) is 1. The molecule has 1 aromatic heterocycles. The molecule has 0 radical (unpaired) electrons. The van der Waals surface area contributed by atoms with Gasteiger partial charge in [0.05, 0.1) is 6.61 Å². The first-order valence-corrected chi connectivity index (χ1v) is 5.02. The Morgan fingerprint density at radius 1 is 1.43 bits per heavy atom. The summed E-state index contributed by atoms with van der Waals surface area (Å²) in [6.45, 7) is 3.69. The summed E-state index contributed by atoms with van der Waals surface area (Å²) >= 11 is 0. The Kier molecular flexibility index (Phi) is 3.10. The van der Waals surface area contributed by atoms with Crippen LogP contribution in [-0.4, -0.2) is 41.6 Å². The van der Waals surface area contributed by atoms with Crippen LogP contribution in [0.1, 0.15) is 11.6 Å². The lowest BCUT2D eigenvalue weighted by Gasteiger charge is -2.05. The molecule has 1 N–H and O–H groups in total. The molecule has 0 amide bonds. The minimum Gasteiger partial charge on any atom is -0.384 e. The summed E-state index contributed by atoms with van der Waals surface area (Å²) in [7, 11) is 1.71. The Hall–Kier alpha value is -0.940. The number of hydrogen-bond acceptors (Lipinski definition) is 4. The standard InChI is InChI=1S/C9H16N4O/c1-14-7-3-9-12-11-8-2-4-10-5-6-13(8)9/h10H,2-7H2,1H3. The fourth-order valence-corrected chi connectivity index (χ4v) is 1.71. The lowest BCUT2D eigenvalue weighted by atomic mass is 10.4. The molecule has 78 valence electrons. The molecule has 2 rings (SSSR count). The number of ether oxygens (including phenoxy) is 1. The maximum atomic E-state index is 5.04. The number of aromatic nitrogens is 3. The molecule has 0 aromatic carbocycles. The van der Waals surface area contributed by atoms with Gasteiger partial charge < -0.3 is 14.6 Å². The Morgan fingerprint density at radius 2 is 2.36 bits per heavy atom. The van der Waals surface area contributed by atoms with Crippen molar-refractivity contribution in [3.8, 4) is 0 Å².